The topological polar surface area (TPSA) is 58.6 Å². The highest BCUT2D eigenvalue weighted by molar-refractivity contribution is 5.77. The Bertz CT molecular complexity index is 245. The van der Waals surface area contributed by atoms with Crippen LogP contribution in [0.15, 0.2) is 0 Å². The number of hydrogen-bond acceptors (Lipinski definition) is 3. The minimum absolute atomic E-state index is 0.0615. The van der Waals surface area contributed by atoms with Crippen molar-refractivity contribution in [2.24, 2.45) is 5.92 Å². The van der Waals surface area contributed by atoms with Crippen LogP contribution in [0.5, 0.6) is 0 Å². The summed E-state index contributed by atoms with van der Waals surface area (Å²) < 4.78 is 5.66. The molecular weight excluding hydrogens is 230 g/mol. The van der Waals surface area contributed by atoms with E-state index in [-0.39, 0.29) is 31.3 Å². The average molecular weight is 257 g/mol. The van der Waals surface area contributed by atoms with Crippen LogP contribution in [0.4, 0.5) is 0 Å². The molecule has 3 unspecified atom stereocenters. The summed E-state index contributed by atoms with van der Waals surface area (Å²) in [6, 6.07) is 0.0661. The molecule has 1 saturated carbocycles. The molecule has 1 aliphatic rings. The molecule has 1 aliphatic carbocycles. The molecule has 0 aromatic rings. The van der Waals surface area contributed by atoms with Crippen LogP contribution >= 0.6 is 0 Å². The highest BCUT2D eigenvalue weighted by Crippen LogP contribution is 2.25. The van der Waals surface area contributed by atoms with Crippen LogP contribution < -0.4 is 5.32 Å². The Morgan fingerprint density at radius 2 is 2.28 bits per heavy atom. The molecule has 2 N–H and O–H groups in total. The fraction of sp³-hybridized carbons (Fsp3) is 0.929. The summed E-state index contributed by atoms with van der Waals surface area (Å²) in [5, 5.41) is 11.8. The zero-order valence-electron chi connectivity index (χ0n) is 11.7. The van der Waals surface area contributed by atoms with Gasteiger partial charge in [0.1, 0.15) is 6.61 Å². The SMILES string of the molecule is CCC(CCO)NC(=O)COC1CCCC(C)C1. The number of aliphatic hydroxyl groups is 1. The first-order chi connectivity index (χ1) is 8.65. The van der Waals surface area contributed by atoms with Crippen molar-refractivity contribution in [3.8, 4) is 0 Å². The molecule has 0 aliphatic heterocycles. The fourth-order valence-electron chi connectivity index (χ4n) is 2.53. The van der Waals surface area contributed by atoms with Crippen LogP contribution in [-0.2, 0) is 9.53 Å². The molecule has 4 nitrogen and oxygen atoms in total. The molecule has 0 spiro atoms. The molecule has 1 fully saturated rings. The van der Waals surface area contributed by atoms with Crippen molar-refractivity contribution in [3.63, 3.8) is 0 Å². The highest BCUT2D eigenvalue weighted by atomic mass is 16.5. The van der Waals surface area contributed by atoms with Gasteiger partial charge in [-0.05, 0) is 31.6 Å². The van der Waals surface area contributed by atoms with Gasteiger partial charge in [-0.3, -0.25) is 4.79 Å². The Kier molecular flexibility index (Phi) is 7.28. The summed E-state index contributed by atoms with van der Waals surface area (Å²) >= 11 is 0. The molecule has 1 rings (SSSR count). The minimum atomic E-state index is -0.0615. The van der Waals surface area contributed by atoms with E-state index in [0.29, 0.717) is 12.3 Å². The second kappa shape index (κ2) is 8.48. The third-order valence-electron chi connectivity index (χ3n) is 3.67. The van der Waals surface area contributed by atoms with Gasteiger partial charge >= 0.3 is 0 Å². The Hall–Kier alpha value is -0.610. The van der Waals surface area contributed by atoms with Gasteiger partial charge in [-0.2, -0.15) is 0 Å². The molecule has 0 saturated heterocycles. The molecule has 0 bridgehead atoms. The first kappa shape index (κ1) is 15.4. The van der Waals surface area contributed by atoms with Crippen LogP contribution in [-0.4, -0.2) is 36.4 Å². The molecule has 3 atom stereocenters. The third kappa shape index (κ3) is 5.83. The van der Waals surface area contributed by atoms with E-state index in [1.54, 1.807) is 0 Å². The fourth-order valence-corrected chi connectivity index (χ4v) is 2.53. The monoisotopic (exact) mass is 257 g/mol. The van der Waals surface area contributed by atoms with Crippen LogP contribution in [0.2, 0.25) is 0 Å². The first-order valence-electron chi connectivity index (χ1n) is 7.17. The molecule has 18 heavy (non-hydrogen) atoms. The Balaban J connectivity index is 2.19. The Labute approximate surface area is 110 Å². The normalized spacial score (nSPS) is 25.7. The van der Waals surface area contributed by atoms with E-state index < -0.39 is 0 Å². The lowest BCUT2D eigenvalue weighted by Gasteiger charge is -2.26. The van der Waals surface area contributed by atoms with E-state index in [1.807, 2.05) is 6.92 Å². The highest BCUT2D eigenvalue weighted by Gasteiger charge is 2.20. The van der Waals surface area contributed by atoms with Crippen LogP contribution in [0, 0.1) is 5.92 Å². The van der Waals surface area contributed by atoms with Crippen molar-refractivity contribution in [2.45, 2.75) is 64.5 Å². The van der Waals surface area contributed by atoms with Gasteiger partial charge in [0.05, 0.1) is 6.10 Å². The molecule has 0 heterocycles. The Morgan fingerprint density at radius 3 is 2.89 bits per heavy atom. The number of hydrogen-bond donors (Lipinski definition) is 2. The van der Waals surface area contributed by atoms with Crippen LogP contribution in [0.3, 0.4) is 0 Å². The second-order valence-corrected chi connectivity index (χ2v) is 5.39. The van der Waals surface area contributed by atoms with Crippen molar-refractivity contribution in [1.82, 2.24) is 5.32 Å². The van der Waals surface area contributed by atoms with Crippen molar-refractivity contribution < 1.29 is 14.6 Å². The number of carbonyl (C=O) groups excluding carboxylic acids is 1. The van der Waals surface area contributed by atoms with Crippen LogP contribution in [0.1, 0.15) is 52.4 Å². The number of ether oxygens (including phenoxy) is 1. The van der Waals surface area contributed by atoms with Gasteiger partial charge in [0.2, 0.25) is 5.91 Å². The van der Waals surface area contributed by atoms with Crippen molar-refractivity contribution in [1.29, 1.82) is 0 Å². The van der Waals surface area contributed by atoms with E-state index in [1.165, 1.54) is 12.8 Å². The second-order valence-electron chi connectivity index (χ2n) is 5.39. The summed E-state index contributed by atoms with van der Waals surface area (Å²) in [7, 11) is 0. The summed E-state index contributed by atoms with van der Waals surface area (Å²) in [5.74, 6) is 0.651. The van der Waals surface area contributed by atoms with E-state index >= 15 is 0 Å². The van der Waals surface area contributed by atoms with Gasteiger partial charge in [0.25, 0.3) is 0 Å². The summed E-state index contributed by atoms with van der Waals surface area (Å²) in [6.45, 7) is 4.51. The van der Waals surface area contributed by atoms with Gasteiger partial charge in [-0.1, -0.05) is 26.7 Å². The van der Waals surface area contributed by atoms with E-state index in [2.05, 4.69) is 12.2 Å². The molecule has 0 aromatic carbocycles. The molecule has 106 valence electrons. The summed E-state index contributed by atoms with van der Waals surface area (Å²) in [6.07, 6.45) is 6.33. The maximum absolute atomic E-state index is 11.7. The molecule has 4 heteroatoms. The predicted molar refractivity (Wildman–Crippen MR) is 71.3 cm³/mol. The lowest BCUT2D eigenvalue weighted by atomic mass is 9.89. The van der Waals surface area contributed by atoms with E-state index in [4.69, 9.17) is 9.84 Å². The molecule has 0 radical (unpaired) electrons. The zero-order chi connectivity index (χ0) is 13.4. The molecule has 0 aromatic heterocycles. The minimum Gasteiger partial charge on any atom is -0.396 e. The van der Waals surface area contributed by atoms with Crippen molar-refractivity contribution >= 4 is 5.91 Å². The largest absolute Gasteiger partial charge is 0.396 e. The lowest BCUT2D eigenvalue weighted by Crippen LogP contribution is -2.38. The summed E-state index contributed by atoms with van der Waals surface area (Å²) in [5.41, 5.74) is 0. The number of carbonyl (C=O) groups is 1. The standard InChI is InChI=1S/C14H27NO3/c1-3-12(7-8-16)15-14(17)10-18-13-6-4-5-11(2)9-13/h11-13,16H,3-10H2,1-2H3,(H,15,17). The maximum atomic E-state index is 11.7. The van der Waals surface area contributed by atoms with E-state index in [0.717, 1.165) is 19.3 Å². The third-order valence-corrected chi connectivity index (χ3v) is 3.67. The smallest absolute Gasteiger partial charge is 0.246 e. The van der Waals surface area contributed by atoms with Gasteiger partial charge in [-0.25, -0.2) is 0 Å². The van der Waals surface area contributed by atoms with Gasteiger partial charge in [0.15, 0.2) is 0 Å². The van der Waals surface area contributed by atoms with Gasteiger partial charge < -0.3 is 15.2 Å². The van der Waals surface area contributed by atoms with Gasteiger partial charge in [0, 0.05) is 12.6 Å². The number of aliphatic hydroxyl groups excluding tert-OH is 1. The number of amides is 1. The lowest BCUT2D eigenvalue weighted by molar-refractivity contribution is -0.129. The zero-order valence-corrected chi connectivity index (χ0v) is 11.7. The molecular formula is C14H27NO3. The number of nitrogens with one attached hydrogen (secondary N) is 1. The van der Waals surface area contributed by atoms with E-state index in [9.17, 15) is 4.79 Å². The quantitative estimate of drug-likeness (QED) is 0.732. The maximum Gasteiger partial charge on any atom is 0.246 e. The number of rotatable bonds is 7. The predicted octanol–water partition coefficient (Wildman–Crippen LogP) is 1.86. The van der Waals surface area contributed by atoms with Crippen molar-refractivity contribution in [2.75, 3.05) is 13.2 Å². The van der Waals surface area contributed by atoms with Gasteiger partial charge in [-0.15, -0.1) is 0 Å². The Morgan fingerprint density at radius 1 is 1.50 bits per heavy atom. The molecule has 1 amide bonds. The van der Waals surface area contributed by atoms with Crippen LogP contribution in [0.25, 0.3) is 0 Å². The summed E-state index contributed by atoms with van der Waals surface area (Å²) in [4.78, 5) is 11.7. The first-order valence-corrected chi connectivity index (χ1v) is 7.17. The van der Waals surface area contributed by atoms with Crippen molar-refractivity contribution in [3.05, 3.63) is 0 Å². The average Bonchev–Trinajstić information content (AvgIpc) is 2.36.